The van der Waals surface area contributed by atoms with Gasteiger partial charge >= 0.3 is 6.18 Å². The number of anilines is 2. The summed E-state index contributed by atoms with van der Waals surface area (Å²) in [5.74, 6) is 0.299. The first-order chi connectivity index (χ1) is 16.9. The molecular weight excluding hydrogens is 531 g/mol. The maximum atomic E-state index is 13.4. The lowest BCUT2D eigenvalue weighted by Gasteiger charge is -2.18. The smallest absolute Gasteiger partial charge is 0.341 e. The lowest BCUT2D eigenvalue weighted by atomic mass is 10.00. The molecule has 0 bridgehead atoms. The number of alkyl halides is 3. The molecule has 0 aliphatic carbocycles. The van der Waals surface area contributed by atoms with Gasteiger partial charge in [-0.25, -0.2) is 13.4 Å². The number of nitrogens with zero attached hydrogens (tertiary/aromatic N) is 3. The third-order valence-corrected chi connectivity index (χ3v) is 6.91. The second kappa shape index (κ2) is 10.9. The molecule has 0 spiro atoms. The number of carbonyl (C=O) groups is 1. The topological polar surface area (TPSA) is 96.3 Å². The molecule has 4 rings (SSSR count). The molecule has 1 atom stereocenters. The van der Waals surface area contributed by atoms with E-state index in [1.807, 2.05) is 11.6 Å². The molecule has 1 aromatic heterocycles. The molecule has 37 heavy (non-hydrogen) atoms. The van der Waals surface area contributed by atoms with Crippen molar-refractivity contribution in [3.63, 3.8) is 0 Å². The number of hydrogen-bond donors (Lipinski definition) is 2. The number of aryl methyl sites for hydroxylation is 1. The van der Waals surface area contributed by atoms with Crippen LogP contribution in [0.2, 0.25) is 0 Å². The van der Waals surface area contributed by atoms with Gasteiger partial charge in [0.15, 0.2) is 9.84 Å². The standard InChI is InChI=1S/C24H28F3N5O3S.ClH/c1-4-22(33)29-19-8-6-16(24(25,26)27)12-18(19)15-5-7-20-21(11-15)31(2)23(30-20)32-10-9-17(13-32)28-14-36(3,34)35;/h5-8,11-12,17,28H,4,9-10,13-14H2,1-3H3,(H,29,33);1H. The van der Waals surface area contributed by atoms with Crippen molar-refractivity contribution < 1.29 is 26.4 Å². The first-order valence-corrected chi connectivity index (χ1v) is 13.6. The quantitative estimate of drug-likeness (QED) is 0.450. The van der Waals surface area contributed by atoms with Crippen molar-refractivity contribution in [3.8, 4) is 11.1 Å². The van der Waals surface area contributed by atoms with Crippen molar-refractivity contribution in [2.24, 2.45) is 7.05 Å². The Bertz CT molecular complexity index is 1410. The molecule has 2 aromatic carbocycles. The number of imidazole rings is 1. The number of sulfone groups is 1. The molecule has 2 heterocycles. The molecular formula is C24H29ClF3N5O3S. The van der Waals surface area contributed by atoms with Crippen LogP contribution in [-0.2, 0) is 27.9 Å². The van der Waals surface area contributed by atoms with Crippen LogP contribution >= 0.6 is 12.4 Å². The van der Waals surface area contributed by atoms with E-state index in [-0.39, 0.29) is 42.2 Å². The number of amides is 1. The highest BCUT2D eigenvalue weighted by Gasteiger charge is 2.31. The van der Waals surface area contributed by atoms with E-state index in [0.29, 0.717) is 35.8 Å². The summed E-state index contributed by atoms with van der Waals surface area (Å²) in [5, 5.41) is 5.75. The number of halogens is 4. The van der Waals surface area contributed by atoms with Crippen molar-refractivity contribution in [1.29, 1.82) is 0 Å². The fourth-order valence-corrected chi connectivity index (χ4v) is 4.85. The monoisotopic (exact) mass is 559 g/mol. The van der Waals surface area contributed by atoms with Crippen molar-refractivity contribution >= 4 is 50.8 Å². The Morgan fingerprint density at radius 1 is 1.19 bits per heavy atom. The summed E-state index contributed by atoms with van der Waals surface area (Å²) < 4.78 is 65.1. The SMILES string of the molecule is CCC(=O)Nc1ccc(C(F)(F)F)cc1-c1ccc2nc(N3CCC(NCS(C)(=O)=O)C3)n(C)c2c1.Cl. The van der Waals surface area contributed by atoms with Crippen molar-refractivity contribution in [3.05, 3.63) is 42.0 Å². The van der Waals surface area contributed by atoms with E-state index >= 15 is 0 Å². The van der Waals surface area contributed by atoms with Crippen LogP contribution in [0.1, 0.15) is 25.3 Å². The Balaban J connectivity index is 0.00000380. The summed E-state index contributed by atoms with van der Waals surface area (Å²) in [4.78, 5) is 18.8. The van der Waals surface area contributed by atoms with Gasteiger partial charge in [-0.05, 0) is 42.3 Å². The molecule has 3 aromatic rings. The summed E-state index contributed by atoms with van der Waals surface area (Å²) in [5.41, 5.74) is 1.68. The Labute approximate surface area is 219 Å². The van der Waals surface area contributed by atoms with Gasteiger partial charge < -0.3 is 14.8 Å². The molecule has 1 aliphatic heterocycles. The predicted molar refractivity (Wildman–Crippen MR) is 141 cm³/mol. The molecule has 1 amide bonds. The van der Waals surface area contributed by atoms with Crippen LogP contribution in [0.25, 0.3) is 22.2 Å². The maximum Gasteiger partial charge on any atom is 0.416 e. The van der Waals surface area contributed by atoms with Gasteiger partial charge in [-0.2, -0.15) is 13.2 Å². The van der Waals surface area contributed by atoms with Crippen LogP contribution in [0.15, 0.2) is 36.4 Å². The second-order valence-corrected chi connectivity index (χ2v) is 11.2. The maximum absolute atomic E-state index is 13.4. The Kier molecular flexibility index (Phi) is 8.45. The van der Waals surface area contributed by atoms with E-state index in [4.69, 9.17) is 4.98 Å². The average Bonchev–Trinajstić information content (AvgIpc) is 3.41. The molecule has 1 saturated heterocycles. The highest BCUT2D eigenvalue weighted by atomic mass is 35.5. The van der Waals surface area contributed by atoms with Crippen molar-refractivity contribution in [1.82, 2.24) is 14.9 Å². The summed E-state index contributed by atoms with van der Waals surface area (Å²) >= 11 is 0. The third kappa shape index (κ3) is 6.55. The first kappa shape index (κ1) is 28.7. The van der Waals surface area contributed by atoms with E-state index in [2.05, 4.69) is 15.5 Å². The molecule has 1 unspecified atom stereocenters. The molecule has 1 aliphatic rings. The van der Waals surface area contributed by atoms with Crippen LogP contribution in [0, 0.1) is 0 Å². The third-order valence-electron chi connectivity index (χ3n) is 6.22. The van der Waals surface area contributed by atoms with Crippen molar-refractivity contribution in [2.45, 2.75) is 32.0 Å². The fraction of sp³-hybridized carbons (Fsp3) is 0.417. The molecule has 1 fully saturated rings. The molecule has 202 valence electrons. The van der Waals surface area contributed by atoms with Crippen LogP contribution in [0.3, 0.4) is 0 Å². The van der Waals surface area contributed by atoms with Gasteiger partial charge in [0.2, 0.25) is 11.9 Å². The lowest BCUT2D eigenvalue weighted by molar-refractivity contribution is -0.137. The van der Waals surface area contributed by atoms with E-state index in [9.17, 15) is 26.4 Å². The number of benzene rings is 2. The number of aromatic nitrogens is 2. The van der Waals surface area contributed by atoms with Crippen LogP contribution in [-0.4, -0.2) is 55.1 Å². The summed E-state index contributed by atoms with van der Waals surface area (Å²) in [6, 6.07) is 8.48. The molecule has 0 radical (unpaired) electrons. The molecule has 8 nitrogen and oxygen atoms in total. The second-order valence-electron chi connectivity index (χ2n) is 9.04. The van der Waals surface area contributed by atoms with E-state index < -0.39 is 21.6 Å². The first-order valence-electron chi connectivity index (χ1n) is 11.5. The minimum atomic E-state index is -4.52. The normalized spacial score (nSPS) is 16.2. The van der Waals surface area contributed by atoms with Gasteiger partial charge in [0.25, 0.3) is 0 Å². The van der Waals surface area contributed by atoms with Crippen LogP contribution in [0.5, 0.6) is 0 Å². The number of fused-ring (bicyclic) bond motifs is 1. The zero-order chi connectivity index (χ0) is 26.3. The van der Waals surface area contributed by atoms with Crippen LogP contribution < -0.4 is 15.5 Å². The fourth-order valence-electron chi connectivity index (χ4n) is 4.31. The Morgan fingerprint density at radius 3 is 2.57 bits per heavy atom. The lowest BCUT2D eigenvalue weighted by Crippen LogP contribution is -2.36. The zero-order valence-electron chi connectivity index (χ0n) is 20.6. The summed E-state index contributed by atoms with van der Waals surface area (Å²) in [7, 11) is -1.30. The highest BCUT2D eigenvalue weighted by Crippen LogP contribution is 2.37. The minimum absolute atomic E-state index is 0. The van der Waals surface area contributed by atoms with Gasteiger partial charge in [0.05, 0.1) is 22.5 Å². The average molecular weight is 560 g/mol. The summed E-state index contributed by atoms with van der Waals surface area (Å²) in [6.07, 6.45) is -2.39. The van der Waals surface area contributed by atoms with E-state index in [0.717, 1.165) is 24.1 Å². The Morgan fingerprint density at radius 2 is 1.92 bits per heavy atom. The molecule has 2 N–H and O–H groups in total. The molecule has 0 saturated carbocycles. The summed E-state index contributed by atoms with van der Waals surface area (Å²) in [6.45, 7) is 2.94. The zero-order valence-corrected chi connectivity index (χ0v) is 22.2. The number of rotatable bonds is 7. The predicted octanol–water partition coefficient (Wildman–Crippen LogP) is 4.20. The van der Waals surface area contributed by atoms with Gasteiger partial charge in [0, 0.05) is 50.1 Å². The largest absolute Gasteiger partial charge is 0.416 e. The van der Waals surface area contributed by atoms with E-state index in [1.165, 1.54) is 12.3 Å². The van der Waals surface area contributed by atoms with Crippen LogP contribution in [0.4, 0.5) is 24.8 Å². The van der Waals surface area contributed by atoms with Gasteiger partial charge in [-0.3, -0.25) is 10.1 Å². The highest BCUT2D eigenvalue weighted by molar-refractivity contribution is 7.90. The number of hydrogen-bond acceptors (Lipinski definition) is 6. The Hall–Kier alpha value is -2.83. The van der Waals surface area contributed by atoms with Gasteiger partial charge in [0.1, 0.15) is 0 Å². The van der Waals surface area contributed by atoms with Gasteiger partial charge in [-0.1, -0.05) is 13.0 Å². The number of carbonyl (C=O) groups excluding carboxylic acids is 1. The van der Waals surface area contributed by atoms with E-state index in [1.54, 1.807) is 25.1 Å². The molecule has 13 heteroatoms. The number of nitrogens with one attached hydrogen (secondary N) is 2. The van der Waals surface area contributed by atoms with Gasteiger partial charge in [-0.15, -0.1) is 12.4 Å². The van der Waals surface area contributed by atoms with Crippen molar-refractivity contribution in [2.75, 3.05) is 35.4 Å². The minimum Gasteiger partial charge on any atom is -0.341 e.